The molecule has 0 spiro atoms. The van der Waals surface area contributed by atoms with Crippen molar-refractivity contribution in [2.75, 3.05) is 0 Å². The van der Waals surface area contributed by atoms with Gasteiger partial charge < -0.3 is 0 Å². The van der Waals surface area contributed by atoms with Crippen molar-refractivity contribution in [3.05, 3.63) is 42.0 Å². The van der Waals surface area contributed by atoms with Crippen molar-refractivity contribution in [2.24, 2.45) is 4.99 Å². The van der Waals surface area contributed by atoms with E-state index in [1.807, 2.05) is 30.3 Å². The smallest absolute Gasteiger partial charge is 0.201 e. The Kier molecular flexibility index (Phi) is 1.81. The fraction of sp³-hybridized carbons (Fsp3) is 0.0909. The summed E-state index contributed by atoms with van der Waals surface area (Å²) in [5.41, 5.74) is 2.33. The molecule has 0 bridgehead atoms. The number of carbonyl (C=O) groups excluding carboxylic acids is 1. The highest BCUT2D eigenvalue weighted by molar-refractivity contribution is 6.47. The molecular weight excluding hydrogens is 162 g/mol. The summed E-state index contributed by atoms with van der Waals surface area (Å²) in [7, 11) is 0. The number of ketones is 1. The van der Waals surface area contributed by atoms with E-state index in [0.717, 1.165) is 11.3 Å². The Hall–Kier alpha value is -1.70. The third kappa shape index (κ3) is 1.43. The molecule has 2 nitrogen and oxygen atoms in total. The van der Waals surface area contributed by atoms with Crippen LogP contribution in [-0.2, 0) is 4.79 Å². The van der Waals surface area contributed by atoms with Crippen LogP contribution in [-0.4, -0.2) is 11.5 Å². The van der Waals surface area contributed by atoms with Crippen LogP contribution >= 0.6 is 0 Å². The van der Waals surface area contributed by atoms with Gasteiger partial charge in [0.05, 0.1) is 11.4 Å². The molecule has 0 saturated carbocycles. The standard InChI is InChI=1S/C11H9NO/c1-8-11(13)7-10(12-8)9-5-3-2-4-6-9/h2-7H,1H3. The average Bonchev–Trinajstić information content (AvgIpc) is 2.49. The molecule has 1 aliphatic rings. The highest BCUT2D eigenvalue weighted by atomic mass is 16.1. The van der Waals surface area contributed by atoms with Crippen LogP contribution in [0.25, 0.3) is 5.70 Å². The van der Waals surface area contributed by atoms with E-state index in [0.29, 0.717) is 5.71 Å². The van der Waals surface area contributed by atoms with Crippen LogP contribution in [0, 0.1) is 0 Å². The Bertz CT molecular complexity index is 401. The van der Waals surface area contributed by atoms with Gasteiger partial charge in [0, 0.05) is 11.6 Å². The van der Waals surface area contributed by atoms with Gasteiger partial charge in [0.25, 0.3) is 0 Å². The van der Waals surface area contributed by atoms with E-state index in [1.165, 1.54) is 0 Å². The first kappa shape index (κ1) is 7.92. The number of rotatable bonds is 1. The maximum absolute atomic E-state index is 11.2. The lowest BCUT2D eigenvalue weighted by atomic mass is 10.1. The van der Waals surface area contributed by atoms with Crippen molar-refractivity contribution in [3.63, 3.8) is 0 Å². The van der Waals surface area contributed by atoms with Gasteiger partial charge in [-0.3, -0.25) is 4.79 Å². The molecule has 0 atom stereocenters. The molecule has 64 valence electrons. The van der Waals surface area contributed by atoms with Crippen molar-refractivity contribution in [1.29, 1.82) is 0 Å². The van der Waals surface area contributed by atoms with Crippen LogP contribution in [0.3, 0.4) is 0 Å². The molecule has 0 amide bonds. The summed E-state index contributed by atoms with van der Waals surface area (Å²) in [5.74, 6) is 0.0128. The minimum Gasteiger partial charge on any atom is -0.288 e. The van der Waals surface area contributed by atoms with Crippen LogP contribution in [0.1, 0.15) is 12.5 Å². The van der Waals surface area contributed by atoms with E-state index in [4.69, 9.17) is 0 Å². The van der Waals surface area contributed by atoms with Crippen molar-refractivity contribution in [2.45, 2.75) is 6.92 Å². The fourth-order valence-electron chi connectivity index (χ4n) is 1.25. The third-order valence-electron chi connectivity index (χ3n) is 1.98. The molecule has 1 aromatic rings. The summed E-state index contributed by atoms with van der Waals surface area (Å²) in [4.78, 5) is 15.3. The van der Waals surface area contributed by atoms with Gasteiger partial charge in [0.15, 0.2) is 0 Å². The Morgan fingerprint density at radius 2 is 1.85 bits per heavy atom. The zero-order valence-corrected chi connectivity index (χ0v) is 7.32. The number of hydrogen-bond donors (Lipinski definition) is 0. The van der Waals surface area contributed by atoms with Gasteiger partial charge in [-0.05, 0) is 6.92 Å². The molecule has 0 aromatic heterocycles. The zero-order valence-electron chi connectivity index (χ0n) is 7.32. The third-order valence-corrected chi connectivity index (χ3v) is 1.98. The maximum atomic E-state index is 11.2. The normalized spacial score (nSPS) is 15.6. The first-order valence-corrected chi connectivity index (χ1v) is 4.14. The summed E-state index contributed by atoms with van der Waals surface area (Å²) >= 11 is 0. The van der Waals surface area contributed by atoms with Crippen molar-refractivity contribution in [3.8, 4) is 0 Å². The lowest BCUT2D eigenvalue weighted by molar-refractivity contribution is -0.108. The topological polar surface area (TPSA) is 29.4 Å². The van der Waals surface area contributed by atoms with Crippen LogP contribution in [0.2, 0.25) is 0 Å². The summed E-state index contributed by atoms with van der Waals surface area (Å²) in [6.07, 6.45) is 1.57. The molecule has 0 fully saturated rings. The highest BCUT2D eigenvalue weighted by Gasteiger charge is 2.13. The first-order chi connectivity index (χ1) is 6.27. The number of carbonyl (C=O) groups is 1. The predicted molar refractivity (Wildman–Crippen MR) is 52.5 cm³/mol. The largest absolute Gasteiger partial charge is 0.288 e. The summed E-state index contributed by atoms with van der Waals surface area (Å²) in [5, 5.41) is 0. The van der Waals surface area contributed by atoms with Crippen molar-refractivity contribution < 1.29 is 4.79 Å². The number of benzene rings is 1. The summed E-state index contributed by atoms with van der Waals surface area (Å²) < 4.78 is 0. The Morgan fingerprint density at radius 1 is 1.15 bits per heavy atom. The molecule has 0 aliphatic carbocycles. The van der Waals surface area contributed by atoms with Gasteiger partial charge in [-0.2, -0.15) is 0 Å². The van der Waals surface area contributed by atoms with Crippen LogP contribution in [0.5, 0.6) is 0 Å². The molecule has 2 heteroatoms. The number of hydrogen-bond acceptors (Lipinski definition) is 2. The van der Waals surface area contributed by atoms with Crippen LogP contribution in [0.15, 0.2) is 41.4 Å². The molecule has 2 rings (SSSR count). The Labute approximate surface area is 76.6 Å². The van der Waals surface area contributed by atoms with E-state index >= 15 is 0 Å². The van der Waals surface area contributed by atoms with Gasteiger partial charge in [0.1, 0.15) is 0 Å². The predicted octanol–water partition coefficient (Wildman–Crippen LogP) is 2.07. The van der Waals surface area contributed by atoms with E-state index in [1.54, 1.807) is 13.0 Å². The monoisotopic (exact) mass is 171 g/mol. The molecular formula is C11H9NO. The second-order valence-corrected chi connectivity index (χ2v) is 2.96. The van der Waals surface area contributed by atoms with E-state index in [-0.39, 0.29) is 5.78 Å². The second-order valence-electron chi connectivity index (χ2n) is 2.96. The molecule has 1 aliphatic heterocycles. The van der Waals surface area contributed by atoms with Gasteiger partial charge in [-0.15, -0.1) is 0 Å². The quantitative estimate of drug-likeness (QED) is 0.636. The van der Waals surface area contributed by atoms with E-state index < -0.39 is 0 Å². The van der Waals surface area contributed by atoms with Crippen molar-refractivity contribution in [1.82, 2.24) is 0 Å². The fourth-order valence-corrected chi connectivity index (χ4v) is 1.25. The van der Waals surface area contributed by atoms with Crippen LogP contribution < -0.4 is 0 Å². The second kappa shape index (κ2) is 2.98. The lowest BCUT2D eigenvalue weighted by Gasteiger charge is -1.95. The SMILES string of the molecule is CC1=NC(c2ccccc2)=CC1=O. The molecule has 13 heavy (non-hydrogen) atoms. The minimum absolute atomic E-state index is 0.0128. The number of allylic oxidation sites excluding steroid dienone is 1. The van der Waals surface area contributed by atoms with Gasteiger partial charge in [-0.1, -0.05) is 30.3 Å². The summed E-state index contributed by atoms with van der Waals surface area (Å²) in [6, 6.07) is 9.70. The van der Waals surface area contributed by atoms with Gasteiger partial charge in [0.2, 0.25) is 5.78 Å². The van der Waals surface area contributed by atoms with Crippen LogP contribution in [0.4, 0.5) is 0 Å². The minimum atomic E-state index is 0.0128. The zero-order chi connectivity index (χ0) is 9.26. The highest BCUT2D eigenvalue weighted by Crippen LogP contribution is 2.19. The molecule has 1 heterocycles. The number of aliphatic imine (C=N–C) groups is 1. The molecule has 0 N–H and O–H groups in total. The molecule has 0 radical (unpaired) electrons. The molecule has 0 unspecified atom stereocenters. The lowest BCUT2D eigenvalue weighted by Crippen LogP contribution is -1.99. The van der Waals surface area contributed by atoms with Gasteiger partial charge >= 0.3 is 0 Å². The Balaban J connectivity index is 2.41. The van der Waals surface area contributed by atoms with E-state index in [2.05, 4.69) is 4.99 Å². The first-order valence-electron chi connectivity index (χ1n) is 4.14. The Morgan fingerprint density at radius 3 is 2.38 bits per heavy atom. The number of nitrogens with zero attached hydrogens (tertiary/aromatic N) is 1. The summed E-state index contributed by atoms with van der Waals surface area (Å²) in [6.45, 7) is 1.73. The molecule has 1 aromatic carbocycles. The van der Waals surface area contributed by atoms with Gasteiger partial charge in [-0.25, -0.2) is 4.99 Å². The maximum Gasteiger partial charge on any atom is 0.201 e. The molecule has 0 saturated heterocycles. The average molecular weight is 171 g/mol. The van der Waals surface area contributed by atoms with E-state index in [9.17, 15) is 4.79 Å². The van der Waals surface area contributed by atoms with Crippen molar-refractivity contribution >= 4 is 17.2 Å².